The van der Waals surface area contributed by atoms with Crippen molar-refractivity contribution in [2.45, 2.75) is 6.92 Å². The van der Waals surface area contributed by atoms with E-state index in [1.807, 2.05) is 31.2 Å². The zero-order chi connectivity index (χ0) is 11.0. The van der Waals surface area contributed by atoms with Crippen LogP contribution in [-0.4, -0.2) is 4.98 Å². The molecule has 0 spiro atoms. The molecule has 0 aliphatic heterocycles. The van der Waals surface area contributed by atoms with E-state index in [9.17, 15) is 0 Å². The van der Waals surface area contributed by atoms with Crippen LogP contribution in [0.4, 0.5) is 0 Å². The van der Waals surface area contributed by atoms with E-state index in [1.165, 1.54) is 0 Å². The number of rotatable bonds is 0. The minimum absolute atomic E-state index is 0.153. The van der Waals surface area contributed by atoms with Gasteiger partial charge in [0, 0.05) is 5.39 Å². The van der Waals surface area contributed by atoms with E-state index in [0.29, 0.717) is 10.5 Å². The molecule has 1 aromatic carbocycles. The fourth-order valence-corrected chi connectivity index (χ4v) is 1.97. The molecule has 0 saturated heterocycles. The number of fused-ring (bicyclic) bond motifs is 1. The molecular formula is C11H6Cl2N2. The predicted octanol–water partition coefficient (Wildman–Crippen LogP) is 3.72. The van der Waals surface area contributed by atoms with E-state index in [1.54, 1.807) is 0 Å². The van der Waals surface area contributed by atoms with Crippen molar-refractivity contribution < 1.29 is 0 Å². The normalized spacial score (nSPS) is 10.3. The van der Waals surface area contributed by atoms with Crippen LogP contribution in [0.1, 0.15) is 11.1 Å². The Bertz CT molecular complexity index is 585. The third-order valence-electron chi connectivity index (χ3n) is 2.15. The largest absolute Gasteiger partial charge is 0.235 e. The number of aryl methyl sites for hydroxylation is 1. The fourth-order valence-electron chi connectivity index (χ4n) is 1.40. The summed E-state index contributed by atoms with van der Waals surface area (Å²) in [4.78, 5) is 4.13. The Labute approximate surface area is 97.1 Å². The maximum Gasteiger partial charge on any atom is 0.149 e. The van der Waals surface area contributed by atoms with Gasteiger partial charge in [-0.25, -0.2) is 4.98 Å². The van der Waals surface area contributed by atoms with Crippen LogP contribution >= 0.6 is 23.2 Å². The number of halogens is 2. The third-order valence-corrected chi connectivity index (χ3v) is 2.81. The molecule has 0 N–H and O–H groups in total. The Balaban J connectivity index is 2.92. The number of aromatic nitrogens is 1. The maximum absolute atomic E-state index is 8.85. The summed E-state index contributed by atoms with van der Waals surface area (Å²) < 4.78 is 0. The lowest BCUT2D eigenvalue weighted by Crippen LogP contribution is -1.88. The van der Waals surface area contributed by atoms with Gasteiger partial charge in [0.25, 0.3) is 0 Å². The van der Waals surface area contributed by atoms with Crippen LogP contribution in [0.5, 0.6) is 0 Å². The average Bonchev–Trinajstić information content (AvgIpc) is 2.17. The lowest BCUT2D eigenvalue weighted by Gasteiger charge is -2.04. The van der Waals surface area contributed by atoms with Gasteiger partial charge >= 0.3 is 0 Å². The molecule has 0 bridgehead atoms. The van der Waals surface area contributed by atoms with E-state index in [4.69, 9.17) is 28.5 Å². The first-order valence-corrected chi connectivity index (χ1v) is 5.04. The highest BCUT2D eigenvalue weighted by molar-refractivity contribution is 6.39. The van der Waals surface area contributed by atoms with Gasteiger partial charge in [0.05, 0.1) is 10.5 Å². The van der Waals surface area contributed by atoms with Crippen LogP contribution in [0.15, 0.2) is 18.2 Å². The van der Waals surface area contributed by atoms with Gasteiger partial charge in [-0.3, -0.25) is 0 Å². The topological polar surface area (TPSA) is 36.7 Å². The van der Waals surface area contributed by atoms with Crippen LogP contribution in [0.2, 0.25) is 10.2 Å². The molecule has 1 heterocycles. The number of benzene rings is 1. The summed E-state index contributed by atoms with van der Waals surface area (Å²) in [5.41, 5.74) is 2.02. The smallest absolute Gasteiger partial charge is 0.149 e. The second-order valence-corrected chi connectivity index (χ2v) is 3.96. The van der Waals surface area contributed by atoms with Crippen molar-refractivity contribution in [3.05, 3.63) is 39.5 Å². The quantitative estimate of drug-likeness (QED) is 0.654. The zero-order valence-corrected chi connectivity index (χ0v) is 9.39. The van der Waals surface area contributed by atoms with Gasteiger partial charge in [-0.15, -0.1) is 0 Å². The molecule has 0 saturated carbocycles. The molecule has 0 aliphatic carbocycles. The van der Waals surface area contributed by atoms with Crippen molar-refractivity contribution in [2.24, 2.45) is 0 Å². The van der Waals surface area contributed by atoms with E-state index in [-0.39, 0.29) is 10.7 Å². The summed E-state index contributed by atoms with van der Waals surface area (Å²) in [5, 5.41) is 10.1. The summed E-state index contributed by atoms with van der Waals surface area (Å²) in [5.74, 6) is 0. The molecule has 2 nitrogen and oxygen atoms in total. The Hall–Kier alpha value is -1.30. The summed E-state index contributed by atoms with van der Waals surface area (Å²) in [6, 6.07) is 7.59. The first-order valence-electron chi connectivity index (χ1n) is 4.29. The predicted molar refractivity (Wildman–Crippen MR) is 61.2 cm³/mol. The second-order valence-electron chi connectivity index (χ2n) is 3.22. The molecule has 2 rings (SSSR count). The van der Waals surface area contributed by atoms with Gasteiger partial charge in [0.1, 0.15) is 16.8 Å². The van der Waals surface area contributed by atoms with Crippen molar-refractivity contribution in [1.82, 2.24) is 4.98 Å². The number of nitriles is 1. The van der Waals surface area contributed by atoms with Gasteiger partial charge < -0.3 is 0 Å². The first kappa shape index (κ1) is 10.2. The number of pyridine rings is 1. The Morgan fingerprint density at radius 3 is 2.73 bits per heavy atom. The summed E-state index contributed by atoms with van der Waals surface area (Å²) in [6.07, 6.45) is 0. The summed E-state index contributed by atoms with van der Waals surface area (Å²) >= 11 is 11.9. The SMILES string of the molecule is Cc1ccc2c(Cl)c(C#N)c(Cl)nc2c1. The van der Waals surface area contributed by atoms with Gasteiger partial charge in [-0.1, -0.05) is 35.3 Å². The summed E-state index contributed by atoms with van der Waals surface area (Å²) in [7, 11) is 0. The molecule has 2 aromatic rings. The highest BCUT2D eigenvalue weighted by Crippen LogP contribution is 2.30. The van der Waals surface area contributed by atoms with Crippen molar-refractivity contribution in [3.63, 3.8) is 0 Å². The lowest BCUT2D eigenvalue weighted by atomic mass is 10.1. The molecule has 0 amide bonds. The number of nitrogens with zero attached hydrogens (tertiary/aromatic N) is 2. The van der Waals surface area contributed by atoms with Crippen molar-refractivity contribution in [1.29, 1.82) is 5.26 Å². The monoisotopic (exact) mass is 236 g/mol. The molecule has 1 aromatic heterocycles. The van der Waals surface area contributed by atoms with Crippen LogP contribution in [0, 0.1) is 18.3 Å². The van der Waals surface area contributed by atoms with Gasteiger partial charge in [0.2, 0.25) is 0 Å². The van der Waals surface area contributed by atoms with Crippen LogP contribution in [0.25, 0.3) is 10.9 Å². The molecule has 0 radical (unpaired) electrons. The molecule has 15 heavy (non-hydrogen) atoms. The first-order chi connectivity index (χ1) is 7.13. The highest BCUT2D eigenvalue weighted by Gasteiger charge is 2.11. The van der Waals surface area contributed by atoms with E-state index in [2.05, 4.69) is 4.98 Å². The van der Waals surface area contributed by atoms with Gasteiger partial charge in [-0.2, -0.15) is 5.26 Å². The lowest BCUT2D eigenvalue weighted by molar-refractivity contribution is 1.36. The van der Waals surface area contributed by atoms with Crippen LogP contribution in [0.3, 0.4) is 0 Å². The molecule has 74 valence electrons. The Morgan fingerprint density at radius 1 is 1.33 bits per heavy atom. The van der Waals surface area contributed by atoms with Crippen molar-refractivity contribution in [3.8, 4) is 6.07 Å². The molecule has 0 unspecified atom stereocenters. The second kappa shape index (κ2) is 3.69. The maximum atomic E-state index is 8.85. The zero-order valence-electron chi connectivity index (χ0n) is 7.88. The summed E-state index contributed by atoms with van der Waals surface area (Å²) in [6.45, 7) is 1.96. The van der Waals surface area contributed by atoms with Crippen molar-refractivity contribution in [2.75, 3.05) is 0 Å². The molecule has 0 aliphatic rings. The average molecular weight is 237 g/mol. The van der Waals surface area contributed by atoms with E-state index in [0.717, 1.165) is 10.9 Å². The van der Waals surface area contributed by atoms with Crippen LogP contribution < -0.4 is 0 Å². The molecular weight excluding hydrogens is 231 g/mol. The Morgan fingerprint density at radius 2 is 2.07 bits per heavy atom. The van der Waals surface area contributed by atoms with Gasteiger partial charge in [-0.05, 0) is 18.6 Å². The number of hydrogen-bond donors (Lipinski definition) is 0. The molecule has 4 heteroatoms. The standard InChI is InChI=1S/C11H6Cl2N2/c1-6-2-3-7-9(4-6)15-11(13)8(5-14)10(7)12/h2-4H,1H3. The van der Waals surface area contributed by atoms with Crippen molar-refractivity contribution >= 4 is 34.1 Å². The highest BCUT2D eigenvalue weighted by atomic mass is 35.5. The third kappa shape index (κ3) is 1.65. The fraction of sp³-hybridized carbons (Fsp3) is 0.0909. The van der Waals surface area contributed by atoms with Gasteiger partial charge in [0.15, 0.2) is 0 Å². The molecule has 0 atom stereocenters. The minimum Gasteiger partial charge on any atom is -0.235 e. The number of hydrogen-bond acceptors (Lipinski definition) is 2. The minimum atomic E-state index is 0.153. The van der Waals surface area contributed by atoms with E-state index >= 15 is 0 Å². The van der Waals surface area contributed by atoms with E-state index < -0.39 is 0 Å². The molecule has 0 fully saturated rings. The van der Waals surface area contributed by atoms with Crippen LogP contribution in [-0.2, 0) is 0 Å². The Kier molecular flexibility index (Phi) is 2.52.